The number of likely N-dealkylation sites (N-methyl/N-ethyl adjacent to an activating group) is 1. The minimum Gasteiger partial charge on any atom is -0.394 e. The number of rotatable bonds is 5. The zero-order valence-electron chi connectivity index (χ0n) is 9.32. The van der Waals surface area contributed by atoms with Crippen molar-refractivity contribution in [2.75, 3.05) is 19.4 Å². The molecule has 5 heteroatoms. The van der Waals surface area contributed by atoms with Crippen molar-refractivity contribution in [2.45, 2.75) is 24.5 Å². The number of aryl methyl sites for hydroxylation is 1. The summed E-state index contributed by atoms with van der Waals surface area (Å²) in [7, 11) is 1.84. The third kappa shape index (κ3) is 3.77. The van der Waals surface area contributed by atoms with Gasteiger partial charge in [0.25, 0.3) is 0 Å². The van der Waals surface area contributed by atoms with Gasteiger partial charge in [0.15, 0.2) is 5.16 Å². The first-order chi connectivity index (χ1) is 7.09. The normalized spacial score (nSPS) is 14.9. The Hall–Kier alpha value is -0.650. The van der Waals surface area contributed by atoms with Crippen molar-refractivity contribution in [3.8, 4) is 0 Å². The molecule has 0 fully saturated rings. The van der Waals surface area contributed by atoms with Gasteiger partial charge in [0.1, 0.15) is 0 Å². The Kier molecular flexibility index (Phi) is 4.50. The molecule has 1 unspecified atom stereocenters. The largest absolute Gasteiger partial charge is 0.394 e. The Balaban J connectivity index is 2.56. The lowest BCUT2D eigenvalue weighted by atomic mass is 10.1. The molecular formula is C10H17N3OS. The van der Waals surface area contributed by atoms with Crippen LogP contribution in [0.25, 0.3) is 0 Å². The van der Waals surface area contributed by atoms with E-state index < -0.39 is 0 Å². The maximum atomic E-state index is 9.20. The lowest BCUT2D eigenvalue weighted by Crippen LogP contribution is -2.45. The lowest BCUT2D eigenvalue weighted by molar-refractivity contribution is 0.200. The molecule has 1 heterocycles. The van der Waals surface area contributed by atoms with Crippen LogP contribution in [0.5, 0.6) is 0 Å². The van der Waals surface area contributed by atoms with Gasteiger partial charge in [-0.15, -0.1) is 0 Å². The standard InChI is InChI=1S/C10H17N3OS/c1-8-4-5-12-9(13-8)15-7-10(2,6-14)11-3/h4-5,11,14H,6-7H2,1-3H3. The Morgan fingerprint density at radius 2 is 2.33 bits per heavy atom. The van der Waals surface area contributed by atoms with E-state index in [9.17, 15) is 5.11 Å². The summed E-state index contributed by atoms with van der Waals surface area (Å²) in [6.45, 7) is 4.01. The Bertz CT molecular complexity index is 315. The first-order valence-electron chi connectivity index (χ1n) is 4.82. The minimum absolute atomic E-state index is 0.0995. The van der Waals surface area contributed by atoms with Crippen LogP contribution < -0.4 is 5.32 Å². The number of thioether (sulfide) groups is 1. The maximum Gasteiger partial charge on any atom is 0.187 e. The molecule has 0 radical (unpaired) electrons. The Labute approximate surface area is 94.5 Å². The third-order valence-corrected chi connectivity index (χ3v) is 3.48. The smallest absolute Gasteiger partial charge is 0.187 e. The highest BCUT2D eigenvalue weighted by Gasteiger charge is 2.21. The van der Waals surface area contributed by atoms with Crippen molar-refractivity contribution in [2.24, 2.45) is 0 Å². The average Bonchev–Trinajstić information content (AvgIpc) is 2.26. The lowest BCUT2D eigenvalue weighted by Gasteiger charge is -2.25. The van der Waals surface area contributed by atoms with Gasteiger partial charge >= 0.3 is 0 Å². The number of nitrogens with one attached hydrogen (secondary N) is 1. The topological polar surface area (TPSA) is 58.0 Å². The predicted molar refractivity (Wildman–Crippen MR) is 62.0 cm³/mol. The first-order valence-corrected chi connectivity index (χ1v) is 5.80. The number of aliphatic hydroxyl groups excluding tert-OH is 1. The van der Waals surface area contributed by atoms with E-state index in [4.69, 9.17) is 0 Å². The van der Waals surface area contributed by atoms with Crippen molar-refractivity contribution >= 4 is 11.8 Å². The number of aromatic nitrogens is 2. The van der Waals surface area contributed by atoms with Crippen LogP contribution in [-0.4, -0.2) is 40.0 Å². The molecule has 0 aliphatic rings. The summed E-state index contributed by atoms with van der Waals surface area (Å²) in [5.41, 5.74) is 0.681. The number of hydrogen-bond donors (Lipinski definition) is 2. The van der Waals surface area contributed by atoms with E-state index in [1.807, 2.05) is 27.0 Å². The molecule has 15 heavy (non-hydrogen) atoms. The van der Waals surface area contributed by atoms with E-state index in [1.165, 1.54) is 0 Å². The summed E-state index contributed by atoms with van der Waals surface area (Å²) in [4.78, 5) is 8.44. The van der Waals surface area contributed by atoms with Crippen LogP contribution >= 0.6 is 11.8 Å². The molecule has 0 saturated carbocycles. The fourth-order valence-corrected chi connectivity index (χ4v) is 1.94. The summed E-state index contributed by atoms with van der Waals surface area (Å²) < 4.78 is 0. The molecule has 1 aromatic heterocycles. The number of aliphatic hydroxyl groups is 1. The van der Waals surface area contributed by atoms with Crippen molar-refractivity contribution in [1.82, 2.24) is 15.3 Å². The molecule has 1 aromatic rings. The summed E-state index contributed by atoms with van der Waals surface area (Å²) in [6.07, 6.45) is 1.75. The van der Waals surface area contributed by atoms with Gasteiger partial charge in [-0.3, -0.25) is 0 Å². The second kappa shape index (κ2) is 5.44. The monoisotopic (exact) mass is 227 g/mol. The molecule has 0 amide bonds. The summed E-state index contributed by atoms with van der Waals surface area (Å²) in [5, 5.41) is 13.0. The molecule has 0 bridgehead atoms. The molecule has 0 aliphatic heterocycles. The molecule has 4 nitrogen and oxygen atoms in total. The summed E-state index contributed by atoms with van der Waals surface area (Å²) >= 11 is 1.55. The fraction of sp³-hybridized carbons (Fsp3) is 0.600. The van der Waals surface area contributed by atoms with Gasteiger partial charge in [0.05, 0.1) is 6.61 Å². The zero-order valence-corrected chi connectivity index (χ0v) is 10.1. The molecule has 0 aliphatic carbocycles. The van der Waals surface area contributed by atoms with Crippen LogP contribution in [0.3, 0.4) is 0 Å². The highest BCUT2D eigenvalue weighted by molar-refractivity contribution is 7.99. The van der Waals surface area contributed by atoms with Crippen molar-refractivity contribution in [3.05, 3.63) is 18.0 Å². The molecule has 0 saturated heterocycles. The van der Waals surface area contributed by atoms with Gasteiger partial charge < -0.3 is 10.4 Å². The van der Waals surface area contributed by atoms with Crippen molar-refractivity contribution in [1.29, 1.82) is 0 Å². The zero-order chi connectivity index (χ0) is 11.3. The van der Waals surface area contributed by atoms with Crippen LogP contribution in [0.4, 0.5) is 0 Å². The summed E-state index contributed by atoms with van der Waals surface area (Å²) in [5.74, 6) is 0.740. The summed E-state index contributed by atoms with van der Waals surface area (Å²) in [6, 6.07) is 1.87. The maximum absolute atomic E-state index is 9.20. The molecule has 2 N–H and O–H groups in total. The number of hydrogen-bond acceptors (Lipinski definition) is 5. The van der Waals surface area contributed by atoms with Crippen molar-refractivity contribution in [3.63, 3.8) is 0 Å². The van der Waals surface area contributed by atoms with Crippen LogP contribution in [0.2, 0.25) is 0 Å². The van der Waals surface area contributed by atoms with Crippen molar-refractivity contribution < 1.29 is 5.11 Å². The van der Waals surface area contributed by atoms with Gasteiger partial charge in [-0.05, 0) is 27.0 Å². The van der Waals surface area contributed by atoms with E-state index in [1.54, 1.807) is 18.0 Å². The SMILES string of the molecule is CNC(C)(CO)CSc1nccc(C)n1. The van der Waals surface area contributed by atoms with E-state index in [-0.39, 0.29) is 12.1 Å². The second-order valence-corrected chi connectivity index (χ2v) is 4.68. The number of nitrogens with zero attached hydrogens (tertiary/aromatic N) is 2. The van der Waals surface area contributed by atoms with E-state index >= 15 is 0 Å². The van der Waals surface area contributed by atoms with Gasteiger partial charge in [0, 0.05) is 23.2 Å². The van der Waals surface area contributed by atoms with Gasteiger partial charge in [0.2, 0.25) is 0 Å². The van der Waals surface area contributed by atoms with Crippen LogP contribution in [0, 0.1) is 6.92 Å². The molecule has 1 rings (SSSR count). The first kappa shape index (κ1) is 12.4. The van der Waals surface area contributed by atoms with Crippen LogP contribution in [0.15, 0.2) is 17.4 Å². The predicted octanol–water partition coefficient (Wildman–Crippen LogP) is 0.848. The van der Waals surface area contributed by atoms with Crippen LogP contribution in [0.1, 0.15) is 12.6 Å². The minimum atomic E-state index is -0.280. The van der Waals surface area contributed by atoms with E-state index in [2.05, 4.69) is 15.3 Å². The highest BCUT2D eigenvalue weighted by Crippen LogP contribution is 2.18. The molecule has 0 aromatic carbocycles. The third-order valence-electron chi connectivity index (χ3n) is 2.25. The second-order valence-electron chi connectivity index (χ2n) is 3.74. The van der Waals surface area contributed by atoms with Gasteiger partial charge in [-0.1, -0.05) is 11.8 Å². The Morgan fingerprint density at radius 3 is 2.87 bits per heavy atom. The molecule has 1 atom stereocenters. The fourth-order valence-electron chi connectivity index (χ4n) is 0.916. The van der Waals surface area contributed by atoms with Gasteiger partial charge in [-0.2, -0.15) is 0 Å². The Morgan fingerprint density at radius 1 is 1.60 bits per heavy atom. The highest BCUT2D eigenvalue weighted by atomic mass is 32.2. The molecule has 84 valence electrons. The average molecular weight is 227 g/mol. The van der Waals surface area contributed by atoms with E-state index in [0.29, 0.717) is 0 Å². The molecular weight excluding hydrogens is 210 g/mol. The quantitative estimate of drug-likeness (QED) is 0.577. The van der Waals surface area contributed by atoms with Crippen LogP contribution in [-0.2, 0) is 0 Å². The van der Waals surface area contributed by atoms with E-state index in [0.717, 1.165) is 16.6 Å². The van der Waals surface area contributed by atoms with Gasteiger partial charge in [-0.25, -0.2) is 9.97 Å². The molecule has 0 spiro atoms.